The maximum Gasteiger partial charge on any atom is 0.310 e. The highest BCUT2D eigenvalue weighted by Crippen LogP contribution is 2.57. The number of amides is 2. The van der Waals surface area contributed by atoms with Gasteiger partial charge < -0.3 is 15.4 Å². The molecule has 1 saturated heterocycles. The van der Waals surface area contributed by atoms with Gasteiger partial charge in [-0.05, 0) is 74.1 Å². The Morgan fingerprint density at radius 1 is 1.00 bits per heavy atom. The molecule has 0 spiro atoms. The fraction of sp³-hybridized carbons (Fsp3) is 0.375. The van der Waals surface area contributed by atoms with Crippen molar-refractivity contribution in [1.29, 1.82) is 0 Å². The van der Waals surface area contributed by atoms with Crippen molar-refractivity contribution >= 4 is 29.2 Å². The molecule has 154 valence electrons. The first-order valence-electron chi connectivity index (χ1n) is 10.4. The van der Waals surface area contributed by atoms with Crippen molar-refractivity contribution in [3.05, 3.63) is 59.2 Å². The molecule has 5 atom stereocenters. The zero-order valence-corrected chi connectivity index (χ0v) is 17.0. The molecular weight excluding hydrogens is 380 g/mol. The number of fused-ring (bicyclic) bond motifs is 1. The van der Waals surface area contributed by atoms with Crippen molar-refractivity contribution in [2.75, 3.05) is 10.6 Å². The molecule has 6 heteroatoms. The van der Waals surface area contributed by atoms with Crippen molar-refractivity contribution in [1.82, 2.24) is 0 Å². The number of carbonyl (C=O) groups is 3. The van der Waals surface area contributed by atoms with Gasteiger partial charge in [-0.1, -0.05) is 12.1 Å². The smallest absolute Gasteiger partial charge is 0.310 e. The van der Waals surface area contributed by atoms with Gasteiger partial charge in [0, 0.05) is 22.9 Å². The second kappa shape index (κ2) is 6.97. The quantitative estimate of drug-likeness (QED) is 0.761. The van der Waals surface area contributed by atoms with Crippen LogP contribution in [0.5, 0.6) is 0 Å². The SMILES string of the molecule is Cc1cccc(NC(=O)c2ccc(NC(=O)[C@@H]3[C@@H]4C[C@@H]5[C@H]3C(=O)O[C@@H]5C4)cc2)c1C. The number of ether oxygens (including phenoxy) is 1. The van der Waals surface area contributed by atoms with Gasteiger partial charge in [0.2, 0.25) is 5.91 Å². The third-order valence-corrected chi connectivity index (χ3v) is 7.05. The lowest BCUT2D eigenvalue weighted by Crippen LogP contribution is -2.35. The van der Waals surface area contributed by atoms with E-state index in [0.717, 1.165) is 29.7 Å². The Hall–Kier alpha value is -3.15. The molecule has 1 aliphatic heterocycles. The summed E-state index contributed by atoms with van der Waals surface area (Å²) in [6, 6.07) is 12.6. The number of hydrogen-bond donors (Lipinski definition) is 2. The van der Waals surface area contributed by atoms with Gasteiger partial charge in [-0.3, -0.25) is 14.4 Å². The van der Waals surface area contributed by atoms with Crippen LogP contribution in [0.25, 0.3) is 0 Å². The average Bonchev–Trinajstić information content (AvgIpc) is 3.34. The van der Waals surface area contributed by atoms with Gasteiger partial charge in [0.05, 0.1) is 11.8 Å². The molecule has 5 rings (SSSR count). The Balaban J connectivity index is 1.25. The average molecular weight is 404 g/mol. The van der Waals surface area contributed by atoms with Crippen LogP contribution in [-0.2, 0) is 14.3 Å². The first-order valence-corrected chi connectivity index (χ1v) is 10.4. The van der Waals surface area contributed by atoms with Gasteiger partial charge in [0.25, 0.3) is 5.91 Å². The number of carbonyl (C=O) groups excluding carboxylic acids is 3. The Bertz CT molecular complexity index is 1040. The normalized spacial score (nSPS) is 28.3. The van der Waals surface area contributed by atoms with E-state index in [2.05, 4.69) is 10.6 Å². The summed E-state index contributed by atoms with van der Waals surface area (Å²) in [4.78, 5) is 37.6. The van der Waals surface area contributed by atoms with Gasteiger partial charge in [-0.25, -0.2) is 0 Å². The molecule has 30 heavy (non-hydrogen) atoms. The number of benzene rings is 2. The molecule has 2 aromatic carbocycles. The minimum absolute atomic E-state index is 0.0198. The summed E-state index contributed by atoms with van der Waals surface area (Å²) >= 11 is 0. The fourth-order valence-corrected chi connectivity index (χ4v) is 5.37. The molecule has 6 nitrogen and oxygen atoms in total. The molecule has 0 unspecified atom stereocenters. The Kier molecular flexibility index (Phi) is 4.38. The predicted molar refractivity (Wildman–Crippen MR) is 112 cm³/mol. The van der Waals surface area contributed by atoms with E-state index in [4.69, 9.17) is 4.74 Å². The highest BCUT2D eigenvalue weighted by atomic mass is 16.6. The van der Waals surface area contributed by atoms with Gasteiger partial charge in [-0.2, -0.15) is 0 Å². The monoisotopic (exact) mass is 404 g/mol. The van der Waals surface area contributed by atoms with Gasteiger partial charge >= 0.3 is 5.97 Å². The van der Waals surface area contributed by atoms with Gasteiger partial charge in [0.1, 0.15) is 6.10 Å². The zero-order chi connectivity index (χ0) is 21.0. The predicted octanol–water partition coefficient (Wildman–Crippen LogP) is 3.69. The third kappa shape index (κ3) is 2.98. The van der Waals surface area contributed by atoms with E-state index in [-0.39, 0.29) is 47.6 Å². The van der Waals surface area contributed by atoms with E-state index < -0.39 is 0 Å². The first kappa shape index (κ1) is 18.9. The van der Waals surface area contributed by atoms with Gasteiger partial charge in [-0.15, -0.1) is 0 Å². The number of rotatable bonds is 4. The number of aryl methyl sites for hydroxylation is 1. The van der Waals surface area contributed by atoms with Crippen LogP contribution in [0.3, 0.4) is 0 Å². The van der Waals surface area contributed by atoms with Crippen LogP contribution in [0.4, 0.5) is 11.4 Å². The maximum atomic E-state index is 12.9. The van der Waals surface area contributed by atoms with E-state index in [1.54, 1.807) is 24.3 Å². The Morgan fingerprint density at radius 2 is 1.77 bits per heavy atom. The molecule has 2 aliphatic carbocycles. The Labute approximate surface area is 175 Å². The van der Waals surface area contributed by atoms with Crippen LogP contribution in [0, 0.1) is 37.5 Å². The lowest BCUT2D eigenvalue weighted by Gasteiger charge is -2.23. The topological polar surface area (TPSA) is 84.5 Å². The molecule has 2 saturated carbocycles. The van der Waals surface area contributed by atoms with Crippen molar-refractivity contribution in [3.8, 4) is 0 Å². The molecule has 2 N–H and O–H groups in total. The summed E-state index contributed by atoms with van der Waals surface area (Å²) < 4.78 is 5.41. The maximum absolute atomic E-state index is 12.9. The summed E-state index contributed by atoms with van der Waals surface area (Å²) in [6.45, 7) is 3.98. The standard InChI is InChI=1S/C24H24N2O4/c1-12-4-3-5-18(13(12)2)26-22(27)14-6-8-16(9-7-14)25-23(28)20-15-10-17-19(11-15)30-24(29)21(17)20/h3-9,15,17,19-21H,10-11H2,1-2H3,(H,25,28)(H,26,27)/t15-,17+,19-,20-,21-/m1/s1. The second-order valence-electron chi connectivity index (χ2n) is 8.69. The van der Waals surface area contributed by atoms with Gasteiger partial charge in [0.15, 0.2) is 0 Å². The number of anilines is 2. The van der Waals surface area contributed by atoms with Crippen LogP contribution >= 0.6 is 0 Å². The van der Waals surface area contributed by atoms with Crippen LogP contribution in [-0.4, -0.2) is 23.9 Å². The molecule has 3 aliphatic rings. The van der Waals surface area contributed by atoms with E-state index in [1.807, 2.05) is 32.0 Å². The minimum atomic E-state index is -0.312. The third-order valence-electron chi connectivity index (χ3n) is 7.05. The lowest BCUT2D eigenvalue weighted by molar-refractivity contribution is -0.145. The highest BCUT2D eigenvalue weighted by Gasteiger charge is 2.63. The summed E-state index contributed by atoms with van der Waals surface area (Å²) in [5, 5.41) is 5.86. The van der Waals surface area contributed by atoms with Crippen LogP contribution in [0.15, 0.2) is 42.5 Å². The number of esters is 1. The summed E-state index contributed by atoms with van der Waals surface area (Å²) in [6.07, 6.45) is 1.71. The van der Waals surface area contributed by atoms with Crippen molar-refractivity contribution < 1.29 is 19.1 Å². The van der Waals surface area contributed by atoms with E-state index in [1.165, 1.54) is 0 Å². The molecular formula is C24H24N2O4. The molecule has 3 fully saturated rings. The van der Waals surface area contributed by atoms with E-state index in [0.29, 0.717) is 11.3 Å². The van der Waals surface area contributed by atoms with Crippen LogP contribution < -0.4 is 10.6 Å². The molecule has 2 amide bonds. The zero-order valence-electron chi connectivity index (χ0n) is 17.0. The largest absolute Gasteiger partial charge is 0.462 e. The van der Waals surface area contributed by atoms with Crippen LogP contribution in [0.2, 0.25) is 0 Å². The first-order chi connectivity index (χ1) is 14.4. The van der Waals surface area contributed by atoms with Crippen molar-refractivity contribution in [2.24, 2.45) is 23.7 Å². The van der Waals surface area contributed by atoms with Crippen molar-refractivity contribution in [3.63, 3.8) is 0 Å². The molecule has 0 radical (unpaired) electrons. The summed E-state index contributed by atoms with van der Waals surface area (Å²) in [5.41, 5.74) is 4.07. The lowest BCUT2D eigenvalue weighted by atomic mass is 9.79. The summed E-state index contributed by atoms with van der Waals surface area (Å²) in [5.74, 6) is -0.728. The molecule has 2 aromatic rings. The van der Waals surface area contributed by atoms with Crippen molar-refractivity contribution in [2.45, 2.75) is 32.8 Å². The summed E-state index contributed by atoms with van der Waals surface area (Å²) in [7, 11) is 0. The fourth-order valence-electron chi connectivity index (χ4n) is 5.37. The highest BCUT2D eigenvalue weighted by molar-refractivity contribution is 6.05. The van der Waals surface area contributed by atoms with Crippen LogP contribution in [0.1, 0.15) is 34.3 Å². The minimum Gasteiger partial charge on any atom is -0.462 e. The molecule has 0 aromatic heterocycles. The van der Waals surface area contributed by atoms with E-state index in [9.17, 15) is 14.4 Å². The molecule has 2 bridgehead atoms. The Morgan fingerprint density at radius 3 is 2.53 bits per heavy atom. The second-order valence-corrected chi connectivity index (χ2v) is 8.69. The molecule has 1 heterocycles. The number of hydrogen-bond acceptors (Lipinski definition) is 4. The van der Waals surface area contributed by atoms with E-state index >= 15 is 0 Å². The number of nitrogens with one attached hydrogen (secondary N) is 2.